The first-order valence-corrected chi connectivity index (χ1v) is 8.09. The van der Waals surface area contributed by atoms with Crippen molar-refractivity contribution >= 4 is 11.6 Å². The maximum absolute atomic E-state index is 5.56. The van der Waals surface area contributed by atoms with Crippen molar-refractivity contribution < 1.29 is 4.74 Å². The van der Waals surface area contributed by atoms with E-state index in [1.807, 2.05) is 6.92 Å². The van der Waals surface area contributed by atoms with Gasteiger partial charge in [-0.3, -0.25) is 0 Å². The summed E-state index contributed by atoms with van der Waals surface area (Å²) in [5, 5.41) is 6.74. The van der Waals surface area contributed by atoms with Crippen LogP contribution in [0.3, 0.4) is 0 Å². The third-order valence-electron chi connectivity index (χ3n) is 3.20. The second kappa shape index (κ2) is 10.4. The van der Waals surface area contributed by atoms with Crippen molar-refractivity contribution in [2.24, 2.45) is 0 Å². The zero-order valence-electron chi connectivity index (χ0n) is 14.0. The van der Waals surface area contributed by atoms with Crippen LogP contribution >= 0.6 is 0 Å². The van der Waals surface area contributed by atoms with Crippen LogP contribution in [0.1, 0.15) is 50.9 Å². The third-order valence-corrected chi connectivity index (χ3v) is 3.20. The average Bonchev–Trinajstić information content (AvgIpc) is 2.47. The fourth-order valence-corrected chi connectivity index (χ4v) is 1.95. The number of unbranched alkanes of at least 4 members (excludes halogenated alkanes) is 1. The Morgan fingerprint density at radius 3 is 2.10 bits per heavy atom. The molecule has 0 amide bonds. The number of nitrogens with one attached hydrogen (secondary N) is 2. The molecule has 0 aliphatic heterocycles. The second-order valence-corrected chi connectivity index (χ2v) is 5.27. The number of nitrogens with zero attached hydrogens (tertiary/aromatic N) is 2. The van der Waals surface area contributed by atoms with Crippen LogP contribution in [0, 0.1) is 13.8 Å². The first kappa shape index (κ1) is 17.7. The number of hydrogen-bond acceptors (Lipinski definition) is 5. The number of hydrogen-bond donors (Lipinski definition) is 2. The minimum Gasteiger partial charge on any atom is -0.381 e. The van der Waals surface area contributed by atoms with E-state index in [1.165, 1.54) is 6.42 Å². The molecule has 0 aromatic carbocycles. The lowest BCUT2D eigenvalue weighted by molar-refractivity contribution is 0.131. The Hall–Kier alpha value is -1.36. The first-order valence-electron chi connectivity index (χ1n) is 8.09. The van der Waals surface area contributed by atoms with Gasteiger partial charge in [0.2, 0.25) is 0 Å². The molecule has 0 saturated heterocycles. The largest absolute Gasteiger partial charge is 0.381 e. The van der Waals surface area contributed by atoms with Crippen molar-refractivity contribution in [3.8, 4) is 0 Å². The molecule has 1 rings (SSSR count). The molecule has 1 heterocycles. The first-order chi connectivity index (χ1) is 10.2. The van der Waals surface area contributed by atoms with Crippen molar-refractivity contribution in [1.29, 1.82) is 0 Å². The summed E-state index contributed by atoms with van der Waals surface area (Å²) in [7, 11) is 0. The van der Waals surface area contributed by atoms with Gasteiger partial charge in [-0.15, -0.1) is 0 Å². The summed E-state index contributed by atoms with van der Waals surface area (Å²) in [5.41, 5.74) is 1.08. The summed E-state index contributed by atoms with van der Waals surface area (Å²) in [6.45, 7) is 11.8. The van der Waals surface area contributed by atoms with Gasteiger partial charge in [0.15, 0.2) is 0 Å². The molecular formula is C16H30N4O. The van der Waals surface area contributed by atoms with E-state index in [0.717, 1.165) is 68.6 Å². The number of anilines is 2. The molecule has 0 spiro atoms. The molecule has 0 fully saturated rings. The topological polar surface area (TPSA) is 59.1 Å². The Bertz CT molecular complexity index is 410. The molecule has 5 nitrogen and oxygen atoms in total. The van der Waals surface area contributed by atoms with Gasteiger partial charge in [-0.1, -0.05) is 20.3 Å². The predicted octanol–water partition coefficient (Wildman–Crippen LogP) is 3.53. The van der Waals surface area contributed by atoms with Crippen molar-refractivity contribution in [3.63, 3.8) is 0 Å². The Morgan fingerprint density at radius 1 is 0.857 bits per heavy atom. The summed E-state index contributed by atoms with van der Waals surface area (Å²) in [6.07, 6.45) is 4.40. The highest BCUT2D eigenvalue weighted by Crippen LogP contribution is 2.19. The highest BCUT2D eigenvalue weighted by Gasteiger charge is 2.08. The number of ether oxygens (including phenoxy) is 1. The maximum atomic E-state index is 5.56. The molecule has 0 bridgehead atoms. The van der Waals surface area contributed by atoms with Crippen LogP contribution in [0.25, 0.3) is 0 Å². The SMILES string of the molecule is CCCCOCCCNc1nc(C)nc(NCCC)c1C. The molecule has 0 radical (unpaired) electrons. The lowest BCUT2D eigenvalue weighted by Crippen LogP contribution is -2.12. The smallest absolute Gasteiger partial charge is 0.134 e. The van der Waals surface area contributed by atoms with E-state index < -0.39 is 0 Å². The van der Waals surface area contributed by atoms with Gasteiger partial charge in [0.05, 0.1) is 0 Å². The zero-order chi connectivity index (χ0) is 15.5. The highest BCUT2D eigenvalue weighted by molar-refractivity contribution is 5.57. The molecule has 0 saturated carbocycles. The van der Waals surface area contributed by atoms with Gasteiger partial charge in [0.1, 0.15) is 17.5 Å². The predicted molar refractivity (Wildman–Crippen MR) is 89.1 cm³/mol. The lowest BCUT2D eigenvalue weighted by atomic mass is 10.3. The van der Waals surface area contributed by atoms with Crippen LogP contribution in [0.5, 0.6) is 0 Å². The van der Waals surface area contributed by atoms with E-state index in [2.05, 4.69) is 41.4 Å². The van der Waals surface area contributed by atoms with Crippen LogP contribution in [0.2, 0.25) is 0 Å². The minimum atomic E-state index is 0.792. The normalized spacial score (nSPS) is 10.7. The second-order valence-electron chi connectivity index (χ2n) is 5.27. The van der Waals surface area contributed by atoms with E-state index in [0.29, 0.717) is 0 Å². The van der Waals surface area contributed by atoms with Crippen LogP contribution in [-0.4, -0.2) is 36.3 Å². The van der Waals surface area contributed by atoms with E-state index >= 15 is 0 Å². The summed E-state index contributed by atoms with van der Waals surface area (Å²) in [6, 6.07) is 0. The van der Waals surface area contributed by atoms with Crippen LogP contribution < -0.4 is 10.6 Å². The van der Waals surface area contributed by atoms with E-state index in [1.54, 1.807) is 0 Å². The minimum absolute atomic E-state index is 0.792. The maximum Gasteiger partial charge on any atom is 0.134 e. The van der Waals surface area contributed by atoms with Crippen molar-refractivity contribution in [2.45, 2.75) is 53.4 Å². The average molecular weight is 294 g/mol. The Morgan fingerprint density at radius 2 is 1.48 bits per heavy atom. The Labute approximate surface area is 128 Å². The van der Waals surface area contributed by atoms with E-state index in [-0.39, 0.29) is 0 Å². The molecule has 1 aromatic rings. The zero-order valence-corrected chi connectivity index (χ0v) is 14.0. The molecule has 0 aliphatic carbocycles. The number of aryl methyl sites for hydroxylation is 1. The van der Waals surface area contributed by atoms with Gasteiger partial charge in [-0.25, -0.2) is 9.97 Å². The Balaban J connectivity index is 2.41. The van der Waals surface area contributed by atoms with Gasteiger partial charge in [0.25, 0.3) is 0 Å². The fraction of sp³-hybridized carbons (Fsp3) is 0.750. The summed E-state index contributed by atoms with van der Waals surface area (Å²) < 4.78 is 5.56. The molecule has 2 N–H and O–H groups in total. The van der Waals surface area contributed by atoms with Gasteiger partial charge < -0.3 is 15.4 Å². The third kappa shape index (κ3) is 6.76. The summed E-state index contributed by atoms with van der Waals surface area (Å²) in [5.74, 6) is 2.65. The molecule has 5 heteroatoms. The molecular weight excluding hydrogens is 264 g/mol. The highest BCUT2D eigenvalue weighted by atomic mass is 16.5. The van der Waals surface area contributed by atoms with Crippen molar-refractivity contribution in [2.75, 3.05) is 36.9 Å². The molecule has 0 atom stereocenters. The number of rotatable bonds is 11. The van der Waals surface area contributed by atoms with Crippen molar-refractivity contribution in [3.05, 3.63) is 11.4 Å². The standard InChI is InChI=1S/C16H30N4O/c1-5-7-11-21-12-8-10-18-16-13(3)15(17-9-6-2)19-14(4)20-16/h5-12H2,1-4H3,(H2,17,18,19,20). The number of aromatic nitrogens is 2. The quantitative estimate of drug-likeness (QED) is 0.611. The van der Waals surface area contributed by atoms with Gasteiger partial charge in [0, 0.05) is 31.9 Å². The lowest BCUT2D eigenvalue weighted by Gasteiger charge is -2.14. The monoisotopic (exact) mass is 294 g/mol. The Kier molecular flexibility index (Phi) is 8.74. The van der Waals surface area contributed by atoms with E-state index in [9.17, 15) is 0 Å². The van der Waals surface area contributed by atoms with Crippen LogP contribution in [0.4, 0.5) is 11.6 Å². The van der Waals surface area contributed by atoms with Gasteiger partial charge in [-0.05, 0) is 33.1 Å². The molecule has 1 aromatic heterocycles. The van der Waals surface area contributed by atoms with Crippen LogP contribution in [0.15, 0.2) is 0 Å². The molecule has 0 aliphatic rings. The van der Waals surface area contributed by atoms with Crippen LogP contribution in [-0.2, 0) is 4.74 Å². The molecule has 21 heavy (non-hydrogen) atoms. The van der Waals surface area contributed by atoms with E-state index in [4.69, 9.17) is 4.74 Å². The molecule has 0 unspecified atom stereocenters. The molecule has 120 valence electrons. The van der Waals surface area contributed by atoms with Gasteiger partial charge in [-0.2, -0.15) is 0 Å². The summed E-state index contributed by atoms with van der Waals surface area (Å²) in [4.78, 5) is 8.95. The summed E-state index contributed by atoms with van der Waals surface area (Å²) >= 11 is 0. The fourth-order valence-electron chi connectivity index (χ4n) is 1.95. The van der Waals surface area contributed by atoms with Gasteiger partial charge >= 0.3 is 0 Å². The van der Waals surface area contributed by atoms with Crippen molar-refractivity contribution in [1.82, 2.24) is 9.97 Å².